The summed E-state index contributed by atoms with van der Waals surface area (Å²) in [5.74, 6) is -0.994. The molecule has 134 valence electrons. The molecular weight excluding hydrogens is 312 g/mol. The molecule has 1 spiro atoms. The molecule has 2 N–H and O–H groups in total. The van der Waals surface area contributed by atoms with Crippen LogP contribution in [0.15, 0.2) is 0 Å². The minimum Gasteiger partial charge on any atom is -0.335 e. The predicted octanol–water partition coefficient (Wildman–Crippen LogP) is 1.21. The third-order valence-corrected chi connectivity index (χ3v) is 5.03. The largest absolute Gasteiger partial charge is 0.335 e. The molecule has 0 aromatic heterocycles. The average molecular weight is 338 g/mol. The summed E-state index contributed by atoms with van der Waals surface area (Å²) in [6.07, 6.45) is 4.81. The summed E-state index contributed by atoms with van der Waals surface area (Å²) in [6, 6.07) is -1.15. The summed E-state index contributed by atoms with van der Waals surface area (Å²) in [4.78, 5) is 51.2. The minimum absolute atomic E-state index is 0.0653. The highest BCUT2D eigenvalue weighted by Crippen LogP contribution is 2.39. The highest BCUT2D eigenvalue weighted by atomic mass is 16.2. The summed E-state index contributed by atoms with van der Waals surface area (Å²) in [7, 11) is 1.61. The Labute approximate surface area is 141 Å². The maximum atomic E-state index is 12.7. The summed E-state index contributed by atoms with van der Waals surface area (Å²) >= 11 is 0. The van der Waals surface area contributed by atoms with Crippen molar-refractivity contribution in [3.8, 4) is 0 Å². The van der Waals surface area contributed by atoms with E-state index in [4.69, 9.17) is 0 Å². The summed E-state index contributed by atoms with van der Waals surface area (Å²) in [5.41, 5.74) is -0.811. The Kier molecular flexibility index (Phi) is 5.46. The Morgan fingerprint density at radius 3 is 2.42 bits per heavy atom. The third kappa shape index (κ3) is 3.37. The smallest absolute Gasteiger partial charge is 0.327 e. The summed E-state index contributed by atoms with van der Waals surface area (Å²) in [6.45, 7) is 3.30. The topological polar surface area (TPSA) is 98.8 Å². The van der Waals surface area contributed by atoms with Crippen LogP contribution in [-0.2, 0) is 9.59 Å². The Hall–Kier alpha value is -2.12. The van der Waals surface area contributed by atoms with Crippen LogP contribution in [0.5, 0.6) is 0 Å². The van der Waals surface area contributed by atoms with Crippen LogP contribution < -0.4 is 10.6 Å². The number of amides is 6. The molecule has 0 unspecified atom stereocenters. The van der Waals surface area contributed by atoms with Gasteiger partial charge >= 0.3 is 12.1 Å². The lowest BCUT2D eigenvalue weighted by molar-refractivity contribution is -0.137. The van der Waals surface area contributed by atoms with Gasteiger partial charge in [0.1, 0.15) is 12.1 Å². The van der Waals surface area contributed by atoms with Crippen LogP contribution in [0, 0.1) is 0 Å². The molecule has 1 heterocycles. The van der Waals surface area contributed by atoms with Gasteiger partial charge in [-0.2, -0.15) is 0 Å². The van der Waals surface area contributed by atoms with Crippen molar-refractivity contribution in [3.05, 3.63) is 0 Å². The van der Waals surface area contributed by atoms with Crippen molar-refractivity contribution >= 4 is 23.9 Å². The second kappa shape index (κ2) is 7.19. The van der Waals surface area contributed by atoms with Crippen molar-refractivity contribution < 1.29 is 19.2 Å². The molecule has 0 aromatic carbocycles. The first kappa shape index (κ1) is 18.2. The predicted molar refractivity (Wildman–Crippen MR) is 87.1 cm³/mol. The maximum Gasteiger partial charge on any atom is 0.327 e. The molecule has 1 aliphatic heterocycles. The van der Waals surface area contributed by atoms with Crippen molar-refractivity contribution in [1.82, 2.24) is 20.4 Å². The van der Waals surface area contributed by atoms with Crippen LogP contribution in [0.2, 0.25) is 0 Å². The highest BCUT2D eigenvalue weighted by molar-refractivity contribution is 6.09. The van der Waals surface area contributed by atoms with E-state index >= 15 is 0 Å². The Morgan fingerprint density at radius 1 is 1.21 bits per heavy atom. The van der Waals surface area contributed by atoms with Gasteiger partial charge in [-0.15, -0.1) is 0 Å². The van der Waals surface area contributed by atoms with Gasteiger partial charge in [0, 0.05) is 13.1 Å². The SMILES string of the molecule is CC[C@@H](C)NC(=O)NC(=O)CN1C(=O)N(C)C2(CCCCC2)C1=O. The van der Waals surface area contributed by atoms with E-state index in [1.54, 1.807) is 7.05 Å². The van der Waals surface area contributed by atoms with Gasteiger partial charge in [0.2, 0.25) is 5.91 Å². The molecule has 1 atom stereocenters. The van der Waals surface area contributed by atoms with E-state index in [1.807, 2.05) is 13.8 Å². The lowest BCUT2D eigenvalue weighted by Gasteiger charge is -2.35. The van der Waals surface area contributed by atoms with Gasteiger partial charge in [0.25, 0.3) is 5.91 Å². The molecule has 8 nitrogen and oxygen atoms in total. The first-order chi connectivity index (χ1) is 11.3. The van der Waals surface area contributed by atoms with Crippen LogP contribution >= 0.6 is 0 Å². The molecule has 1 saturated heterocycles. The van der Waals surface area contributed by atoms with E-state index in [9.17, 15) is 19.2 Å². The number of nitrogens with zero attached hydrogens (tertiary/aromatic N) is 2. The van der Waals surface area contributed by atoms with Crippen molar-refractivity contribution in [2.24, 2.45) is 0 Å². The molecule has 8 heteroatoms. The van der Waals surface area contributed by atoms with Gasteiger partial charge < -0.3 is 10.2 Å². The summed E-state index contributed by atoms with van der Waals surface area (Å²) in [5, 5.41) is 4.77. The van der Waals surface area contributed by atoms with Gasteiger partial charge in [0.05, 0.1) is 0 Å². The molecule has 24 heavy (non-hydrogen) atoms. The van der Waals surface area contributed by atoms with E-state index in [0.717, 1.165) is 30.6 Å². The number of nitrogens with one attached hydrogen (secondary N) is 2. The Balaban J connectivity index is 1.99. The number of carbonyl (C=O) groups is 4. The van der Waals surface area contributed by atoms with E-state index in [2.05, 4.69) is 10.6 Å². The fourth-order valence-electron chi connectivity index (χ4n) is 3.34. The second-order valence-electron chi connectivity index (χ2n) is 6.66. The molecule has 1 saturated carbocycles. The zero-order valence-electron chi connectivity index (χ0n) is 14.6. The number of rotatable bonds is 4. The van der Waals surface area contributed by atoms with Crippen molar-refractivity contribution in [2.45, 2.75) is 64.0 Å². The van der Waals surface area contributed by atoms with Gasteiger partial charge in [-0.05, 0) is 26.2 Å². The molecule has 1 aliphatic carbocycles. The van der Waals surface area contributed by atoms with Crippen molar-refractivity contribution in [1.29, 1.82) is 0 Å². The second-order valence-corrected chi connectivity index (χ2v) is 6.66. The highest BCUT2D eigenvalue weighted by Gasteiger charge is 2.55. The molecular formula is C16H26N4O4. The van der Waals surface area contributed by atoms with Crippen molar-refractivity contribution in [3.63, 3.8) is 0 Å². The Bertz CT molecular complexity index is 542. The number of hydrogen-bond acceptors (Lipinski definition) is 4. The van der Waals surface area contributed by atoms with Crippen LogP contribution in [0.1, 0.15) is 52.4 Å². The van der Waals surface area contributed by atoms with Crippen LogP contribution in [0.3, 0.4) is 0 Å². The number of urea groups is 2. The van der Waals surface area contributed by atoms with E-state index in [0.29, 0.717) is 12.8 Å². The fraction of sp³-hybridized carbons (Fsp3) is 0.750. The zero-order chi connectivity index (χ0) is 17.9. The van der Waals surface area contributed by atoms with Gasteiger partial charge in [-0.25, -0.2) is 9.59 Å². The monoisotopic (exact) mass is 338 g/mol. The van der Waals surface area contributed by atoms with Crippen molar-refractivity contribution in [2.75, 3.05) is 13.6 Å². The zero-order valence-corrected chi connectivity index (χ0v) is 14.6. The normalized spacial score (nSPS) is 21.1. The summed E-state index contributed by atoms with van der Waals surface area (Å²) < 4.78 is 0. The standard InChI is InChI=1S/C16H26N4O4/c1-4-11(2)17-14(23)18-12(21)10-20-13(22)16(19(3)15(20)24)8-6-5-7-9-16/h11H,4-10H2,1-3H3,(H2,17,18,21,23)/t11-/m1/s1. The first-order valence-electron chi connectivity index (χ1n) is 8.52. The van der Waals surface area contributed by atoms with Crippen LogP contribution in [0.25, 0.3) is 0 Å². The molecule has 0 bridgehead atoms. The lowest BCUT2D eigenvalue weighted by atomic mass is 9.81. The number of carbonyl (C=O) groups excluding carboxylic acids is 4. The fourth-order valence-corrected chi connectivity index (χ4v) is 3.34. The van der Waals surface area contributed by atoms with Crippen LogP contribution in [-0.4, -0.2) is 58.8 Å². The van der Waals surface area contributed by atoms with Gasteiger partial charge in [-0.1, -0.05) is 26.2 Å². The van der Waals surface area contributed by atoms with E-state index in [-0.39, 0.29) is 11.9 Å². The lowest BCUT2D eigenvalue weighted by Crippen LogP contribution is -2.50. The maximum absolute atomic E-state index is 12.7. The quantitative estimate of drug-likeness (QED) is 0.753. The van der Waals surface area contributed by atoms with E-state index < -0.39 is 30.1 Å². The molecule has 0 aromatic rings. The molecule has 2 rings (SSSR count). The van der Waals surface area contributed by atoms with Gasteiger partial charge in [-0.3, -0.25) is 19.8 Å². The molecule has 0 radical (unpaired) electrons. The minimum atomic E-state index is -0.811. The van der Waals surface area contributed by atoms with Crippen LogP contribution in [0.4, 0.5) is 9.59 Å². The molecule has 2 aliphatic rings. The first-order valence-corrected chi connectivity index (χ1v) is 8.52. The van der Waals surface area contributed by atoms with Gasteiger partial charge in [0.15, 0.2) is 0 Å². The number of imide groups is 2. The third-order valence-electron chi connectivity index (χ3n) is 5.03. The molecule has 6 amide bonds. The molecule has 2 fully saturated rings. The number of hydrogen-bond donors (Lipinski definition) is 2. The average Bonchev–Trinajstić information content (AvgIpc) is 2.71. The van der Waals surface area contributed by atoms with E-state index in [1.165, 1.54) is 4.90 Å². The Morgan fingerprint density at radius 2 is 1.83 bits per heavy atom. The number of likely N-dealkylation sites (N-methyl/N-ethyl adjacent to an activating group) is 1.